The molecule has 92 valence electrons. The maximum absolute atomic E-state index is 13.3. The molecule has 1 nitrogen and oxygen atoms in total. The summed E-state index contributed by atoms with van der Waals surface area (Å²) in [7, 11) is 0. The zero-order valence-electron chi connectivity index (χ0n) is 9.54. The second kappa shape index (κ2) is 6.81. The van der Waals surface area contributed by atoms with Crippen LogP contribution < -0.4 is 5.73 Å². The molecule has 2 N–H and O–H groups in total. The molecule has 0 bridgehead atoms. The standard InChI is InChI=1S/C12H17F2N.ClH/c1-8(2)6-7-11(15)9-4-3-5-10(13)12(9)14;/h3-5,8,11H,6-7,15H2,1-2H3;1H/t11-;/m0./s1. The maximum atomic E-state index is 13.3. The molecule has 1 atom stereocenters. The second-order valence-electron chi connectivity index (χ2n) is 4.22. The molecule has 0 spiro atoms. The Hall–Kier alpha value is -0.670. The number of hydrogen-bond acceptors (Lipinski definition) is 1. The molecule has 0 aliphatic heterocycles. The summed E-state index contributed by atoms with van der Waals surface area (Å²) in [5.41, 5.74) is 6.08. The van der Waals surface area contributed by atoms with Crippen LogP contribution in [0.5, 0.6) is 0 Å². The summed E-state index contributed by atoms with van der Waals surface area (Å²) in [6.07, 6.45) is 1.59. The summed E-state index contributed by atoms with van der Waals surface area (Å²) >= 11 is 0. The van der Waals surface area contributed by atoms with Crippen molar-refractivity contribution in [3.8, 4) is 0 Å². The molecule has 4 heteroatoms. The molecule has 1 rings (SSSR count). The van der Waals surface area contributed by atoms with Gasteiger partial charge in [-0.05, 0) is 24.8 Å². The Labute approximate surface area is 101 Å². The zero-order chi connectivity index (χ0) is 11.4. The quantitative estimate of drug-likeness (QED) is 0.863. The van der Waals surface area contributed by atoms with Crippen molar-refractivity contribution in [1.29, 1.82) is 0 Å². The lowest BCUT2D eigenvalue weighted by Gasteiger charge is -2.14. The first kappa shape index (κ1) is 15.3. The Kier molecular flexibility index (Phi) is 6.53. The number of hydrogen-bond donors (Lipinski definition) is 1. The molecule has 0 aromatic heterocycles. The maximum Gasteiger partial charge on any atom is 0.163 e. The average Bonchev–Trinajstić information content (AvgIpc) is 2.18. The molecule has 0 radical (unpaired) electrons. The highest BCUT2D eigenvalue weighted by atomic mass is 35.5. The Bertz CT molecular complexity index is 329. The van der Waals surface area contributed by atoms with Crippen molar-refractivity contribution in [2.45, 2.75) is 32.7 Å². The molecule has 1 aromatic carbocycles. The van der Waals surface area contributed by atoms with Crippen molar-refractivity contribution in [3.05, 3.63) is 35.4 Å². The van der Waals surface area contributed by atoms with Gasteiger partial charge in [0.05, 0.1) is 0 Å². The smallest absolute Gasteiger partial charge is 0.163 e. The van der Waals surface area contributed by atoms with Gasteiger partial charge in [-0.1, -0.05) is 26.0 Å². The SMILES string of the molecule is CC(C)CC[C@H](N)c1cccc(F)c1F.Cl. The molecule has 0 aliphatic carbocycles. The van der Waals surface area contributed by atoms with Gasteiger partial charge in [-0.25, -0.2) is 8.78 Å². The number of nitrogens with two attached hydrogens (primary N) is 1. The second-order valence-corrected chi connectivity index (χ2v) is 4.22. The van der Waals surface area contributed by atoms with E-state index in [0.717, 1.165) is 12.5 Å². The third kappa shape index (κ3) is 4.06. The minimum atomic E-state index is -0.826. The first-order chi connectivity index (χ1) is 7.02. The highest BCUT2D eigenvalue weighted by molar-refractivity contribution is 5.85. The lowest BCUT2D eigenvalue weighted by atomic mass is 9.98. The van der Waals surface area contributed by atoms with Gasteiger partial charge in [-0.2, -0.15) is 0 Å². The van der Waals surface area contributed by atoms with Crippen molar-refractivity contribution < 1.29 is 8.78 Å². The Morgan fingerprint density at radius 1 is 1.19 bits per heavy atom. The minimum Gasteiger partial charge on any atom is -0.324 e. The predicted molar refractivity (Wildman–Crippen MR) is 64.6 cm³/mol. The summed E-state index contributed by atoms with van der Waals surface area (Å²) in [5.74, 6) is -1.12. The van der Waals surface area contributed by atoms with Gasteiger partial charge < -0.3 is 5.73 Å². The van der Waals surface area contributed by atoms with Crippen molar-refractivity contribution in [1.82, 2.24) is 0 Å². The minimum absolute atomic E-state index is 0. The van der Waals surface area contributed by atoms with Gasteiger partial charge in [0.25, 0.3) is 0 Å². The fraction of sp³-hybridized carbons (Fsp3) is 0.500. The van der Waals surface area contributed by atoms with Gasteiger partial charge in [0.2, 0.25) is 0 Å². The number of halogens is 3. The van der Waals surface area contributed by atoms with Crippen LogP contribution in [0, 0.1) is 17.6 Å². The zero-order valence-corrected chi connectivity index (χ0v) is 10.4. The molecule has 1 aromatic rings. The van der Waals surface area contributed by atoms with E-state index in [1.807, 2.05) is 0 Å². The fourth-order valence-electron chi connectivity index (χ4n) is 1.48. The third-order valence-electron chi connectivity index (χ3n) is 2.44. The molecule has 0 fully saturated rings. The van der Waals surface area contributed by atoms with Crippen LogP contribution in [0.25, 0.3) is 0 Å². The molecule has 0 heterocycles. The van der Waals surface area contributed by atoms with Gasteiger partial charge >= 0.3 is 0 Å². The van der Waals surface area contributed by atoms with Crippen LogP contribution in [0.4, 0.5) is 8.78 Å². The Morgan fingerprint density at radius 3 is 2.38 bits per heavy atom. The lowest BCUT2D eigenvalue weighted by molar-refractivity contribution is 0.463. The van der Waals surface area contributed by atoms with Crippen LogP contribution in [0.2, 0.25) is 0 Å². The van der Waals surface area contributed by atoms with E-state index in [1.165, 1.54) is 6.07 Å². The highest BCUT2D eigenvalue weighted by Gasteiger charge is 2.14. The Morgan fingerprint density at radius 2 is 1.81 bits per heavy atom. The van der Waals surface area contributed by atoms with Crippen LogP contribution in [-0.4, -0.2) is 0 Å². The third-order valence-corrected chi connectivity index (χ3v) is 2.44. The lowest BCUT2D eigenvalue weighted by Crippen LogP contribution is -2.13. The molecule has 16 heavy (non-hydrogen) atoms. The normalized spacial score (nSPS) is 12.4. The molecule has 0 aliphatic rings. The van der Waals surface area contributed by atoms with Gasteiger partial charge in [-0.3, -0.25) is 0 Å². The molecular formula is C12H18ClF2N. The number of rotatable bonds is 4. The van der Waals surface area contributed by atoms with E-state index in [-0.39, 0.29) is 18.0 Å². The van der Waals surface area contributed by atoms with Crippen LogP contribution in [0.15, 0.2) is 18.2 Å². The first-order valence-electron chi connectivity index (χ1n) is 5.22. The van der Waals surface area contributed by atoms with Crippen LogP contribution >= 0.6 is 12.4 Å². The highest BCUT2D eigenvalue weighted by Crippen LogP contribution is 2.22. The van der Waals surface area contributed by atoms with Crippen molar-refractivity contribution in [3.63, 3.8) is 0 Å². The van der Waals surface area contributed by atoms with E-state index >= 15 is 0 Å². The van der Waals surface area contributed by atoms with Gasteiger partial charge in [0, 0.05) is 11.6 Å². The molecular weight excluding hydrogens is 232 g/mol. The monoisotopic (exact) mass is 249 g/mol. The predicted octanol–water partition coefficient (Wildman–Crippen LogP) is 3.82. The summed E-state index contributed by atoms with van der Waals surface area (Å²) in [6.45, 7) is 4.16. The van der Waals surface area contributed by atoms with Gasteiger partial charge in [-0.15, -0.1) is 12.4 Å². The summed E-state index contributed by atoms with van der Waals surface area (Å²) in [5, 5.41) is 0. The van der Waals surface area contributed by atoms with E-state index < -0.39 is 17.7 Å². The molecule has 0 unspecified atom stereocenters. The van der Waals surface area contributed by atoms with E-state index in [0.29, 0.717) is 12.3 Å². The van der Waals surface area contributed by atoms with E-state index in [4.69, 9.17) is 5.73 Å². The van der Waals surface area contributed by atoms with Crippen molar-refractivity contribution in [2.24, 2.45) is 11.7 Å². The molecule has 0 saturated carbocycles. The number of benzene rings is 1. The van der Waals surface area contributed by atoms with Crippen molar-refractivity contribution in [2.75, 3.05) is 0 Å². The molecule has 0 saturated heterocycles. The van der Waals surface area contributed by atoms with E-state index in [1.54, 1.807) is 6.07 Å². The van der Waals surface area contributed by atoms with Crippen LogP contribution in [0.3, 0.4) is 0 Å². The Balaban J connectivity index is 0.00000225. The van der Waals surface area contributed by atoms with Crippen LogP contribution in [-0.2, 0) is 0 Å². The largest absolute Gasteiger partial charge is 0.324 e. The van der Waals surface area contributed by atoms with E-state index in [2.05, 4.69) is 13.8 Å². The fourth-order valence-corrected chi connectivity index (χ4v) is 1.48. The molecule has 0 amide bonds. The van der Waals surface area contributed by atoms with Gasteiger partial charge in [0.1, 0.15) is 0 Å². The van der Waals surface area contributed by atoms with Gasteiger partial charge in [0.15, 0.2) is 11.6 Å². The van der Waals surface area contributed by atoms with E-state index in [9.17, 15) is 8.78 Å². The summed E-state index contributed by atoms with van der Waals surface area (Å²) in [4.78, 5) is 0. The summed E-state index contributed by atoms with van der Waals surface area (Å²) < 4.78 is 26.2. The first-order valence-corrected chi connectivity index (χ1v) is 5.22. The summed E-state index contributed by atoms with van der Waals surface area (Å²) in [6, 6.07) is 3.73. The van der Waals surface area contributed by atoms with Crippen molar-refractivity contribution >= 4 is 12.4 Å². The average molecular weight is 250 g/mol. The van der Waals surface area contributed by atoms with Crippen LogP contribution in [0.1, 0.15) is 38.3 Å². The topological polar surface area (TPSA) is 26.0 Å².